The van der Waals surface area contributed by atoms with Crippen molar-refractivity contribution in [1.29, 1.82) is 0 Å². The van der Waals surface area contributed by atoms with Crippen LogP contribution < -0.4 is 4.72 Å². The van der Waals surface area contributed by atoms with Crippen LogP contribution in [0.4, 0.5) is 8.78 Å². The molecule has 0 saturated carbocycles. The number of nitrogens with zero attached hydrogens (tertiary/aromatic N) is 1. The van der Waals surface area contributed by atoms with Crippen molar-refractivity contribution in [2.45, 2.75) is 0 Å². The van der Waals surface area contributed by atoms with E-state index < -0.39 is 39.9 Å². The van der Waals surface area contributed by atoms with E-state index in [1.54, 1.807) is 0 Å². The Morgan fingerprint density at radius 3 is 2.60 bits per heavy atom. The van der Waals surface area contributed by atoms with Gasteiger partial charge >= 0.3 is 10.2 Å². The minimum Gasteiger partial charge on any atom is -0.388 e. The molecule has 0 amide bonds. The summed E-state index contributed by atoms with van der Waals surface area (Å²) in [7, 11) is -4.19. The lowest BCUT2D eigenvalue weighted by Crippen LogP contribution is -2.32. The molecule has 2 rings (SSSR count). The standard InChI is InChI=1S/C11H8F2N2O4S/c12-7-2-1-6(3-8(7)13)9-4-10(11(17)5-16)15-20(18,19)14-9/h1-4,15-16H,5H2. The molecule has 1 aromatic rings. The summed E-state index contributed by atoms with van der Waals surface area (Å²) in [6.07, 6.45) is 1.03. The molecule has 0 bridgehead atoms. The van der Waals surface area contributed by atoms with Crippen molar-refractivity contribution in [3.05, 3.63) is 47.2 Å². The molecule has 2 N–H and O–H groups in total. The minimum atomic E-state index is -4.19. The summed E-state index contributed by atoms with van der Waals surface area (Å²) in [5, 5.41) is 8.72. The Balaban J connectivity index is 2.53. The van der Waals surface area contributed by atoms with Gasteiger partial charge in [0.1, 0.15) is 6.61 Å². The molecule has 0 fully saturated rings. The molecule has 1 aliphatic heterocycles. The Kier molecular flexibility index (Phi) is 3.64. The van der Waals surface area contributed by atoms with Crippen molar-refractivity contribution >= 4 is 21.7 Å². The molecule has 0 saturated heterocycles. The van der Waals surface area contributed by atoms with Crippen LogP contribution >= 0.6 is 0 Å². The fraction of sp³-hybridized carbons (Fsp3) is 0.0909. The Hall–Kier alpha value is -2.13. The number of rotatable bonds is 3. The number of nitrogens with one attached hydrogen (secondary N) is 1. The molecule has 0 aromatic heterocycles. The molecule has 0 aliphatic carbocycles. The number of carbonyl (C=O) groups excluding carboxylic acids is 1. The van der Waals surface area contributed by atoms with E-state index >= 15 is 0 Å². The van der Waals surface area contributed by atoms with E-state index in [2.05, 4.69) is 4.40 Å². The van der Waals surface area contributed by atoms with Gasteiger partial charge in [0.05, 0.1) is 11.4 Å². The van der Waals surface area contributed by atoms with Crippen LogP contribution in [0.3, 0.4) is 0 Å². The van der Waals surface area contributed by atoms with Gasteiger partial charge in [0.15, 0.2) is 11.6 Å². The van der Waals surface area contributed by atoms with Crippen molar-refractivity contribution in [3.8, 4) is 0 Å². The highest BCUT2D eigenvalue weighted by atomic mass is 32.2. The van der Waals surface area contributed by atoms with Gasteiger partial charge in [-0.1, -0.05) is 0 Å². The fourth-order valence-corrected chi connectivity index (χ4v) is 2.41. The predicted molar refractivity (Wildman–Crippen MR) is 65.1 cm³/mol. The highest BCUT2D eigenvalue weighted by Crippen LogP contribution is 2.15. The van der Waals surface area contributed by atoms with Crippen molar-refractivity contribution in [1.82, 2.24) is 4.72 Å². The molecule has 106 valence electrons. The molecule has 9 heteroatoms. The SMILES string of the molecule is O=C(CO)C1=CC(c2ccc(F)c(F)c2)=NS(=O)(=O)N1. The maximum absolute atomic E-state index is 13.1. The number of ketones is 1. The van der Waals surface area contributed by atoms with Gasteiger partial charge < -0.3 is 5.11 Å². The monoisotopic (exact) mass is 302 g/mol. The number of hydrogen-bond acceptors (Lipinski definition) is 4. The molecule has 0 atom stereocenters. The molecule has 6 nitrogen and oxygen atoms in total. The van der Waals surface area contributed by atoms with Gasteiger partial charge in [0.25, 0.3) is 0 Å². The maximum Gasteiger partial charge on any atom is 0.342 e. The lowest BCUT2D eigenvalue weighted by Gasteiger charge is -2.14. The third kappa shape index (κ3) is 2.89. The average molecular weight is 302 g/mol. The summed E-state index contributed by atoms with van der Waals surface area (Å²) in [4.78, 5) is 11.3. The van der Waals surface area contributed by atoms with Gasteiger partial charge in [-0.3, -0.25) is 9.52 Å². The van der Waals surface area contributed by atoms with Crippen molar-refractivity contribution in [3.63, 3.8) is 0 Å². The van der Waals surface area contributed by atoms with Crippen LogP contribution in [0.25, 0.3) is 0 Å². The molecular weight excluding hydrogens is 294 g/mol. The van der Waals surface area contributed by atoms with E-state index in [-0.39, 0.29) is 11.3 Å². The van der Waals surface area contributed by atoms with Crippen LogP contribution in [-0.2, 0) is 15.0 Å². The van der Waals surface area contributed by atoms with E-state index in [9.17, 15) is 22.0 Å². The number of carbonyl (C=O) groups is 1. The van der Waals surface area contributed by atoms with Crippen LogP contribution in [0.2, 0.25) is 0 Å². The summed E-state index contributed by atoms with van der Waals surface area (Å²) in [5.74, 6) is -3.14. The molecule has 1 aliphatic rings. The smallest absolute Gasteiger partial charge is 0.342 e. The molecule has 1 aromatic carbocycles. The average Bonchev–Trinajstić information content (AvgIpc) is 2.39. The number of allylic oxidation sites excluding steroid dienone is 1. The van der Waals surface area contributed by atoms with E-state index in [4.69, 9.17) is 5.11 Å². The largest absolute Gasteiger partial charge is 0.388 e. The molecule has 0 radical (unpaired) electrons. The Bertz CT molecular complexity index is 741. The van der Waals surface area contributed by atoms with Gasteiger partial charge in [0.2, 0.25) is 5.78 Å². The predicted octanol–water partition coefficient (Wildman–Crippen LogP) is 0.0472. The number of halogens is 2. The topological polar surface area (TPSA) is 95.8 Å². The molecule has 20 heavy (non-hydrogen) atoms. The summed E-state index contributed by atoms with van der Waals surface area (Å²) < 4.78 is 54.0. The number of benzene rings is 1. The van der Waals surface area contributed by atoms with Crippen LogP contribution in [0.1, 0.15) is 5.56 Å². The van der Waals surface area contributed by atoms with Crippen molar-refractivity contribution in [2.24, 2.45) is 4.40 Å². The third-order valence-electron chi connectivity index (χ3n) is 2.40. The zero-order valence-electron chi connectivity index (χ0n) is 9.80. The van der Waals surface area contributed by atoms with Crippen LogP contribution in [0.15, 0.2) is 34.4 Å². The Morgan fingerprint density at radius 2 is 2.00 bits per heavy atom. The number of Topliss-reactive ketones (excluding diaryl/α,β-unsaturated/α-hetero) is 1. The third-order valence-corrected chi connectivity index (χ3v) is 3.31. The summed E-state index contributed by atoms with van der Waals surface area (Å²) in [6.45, 7) is -0.903. The second kappa shape index (κ2) is 5.10. The lowest BCUT2D eigenvalue weighted by molar-refractivity contribution is -0.118. The van der Waals surface area contributed by atoms with E-state index in [1.807, 2.05) is 4.72 Å². The van der Waals surface area contributed by atoms with Gasteiger partial charge in [-0.2, -0.15) is 8.42 Å². The second-order valence-corrected chi connectivity index (χ2v) is 5.16. The fourth-order valence-electron chi connectivity index (χ4n) is 1.50. The van der Waals surface area contributed by atoms with E-state index in [0.717, 1.165) is 24.3 Å². The first-order valence-corrected chi connectivity index (χ1v) is 6.70. The number of aliphatic hydroxyl groups is 1. The van der Waals surface area contributed by atoms with Gasteiger partial charge in [-0.05, 0) is 24.3 Å². The van der Waals surface area contributed by atoms with Crippen LogP contribution in [-0.4, -0.2) is 31.6 Å². The zero-order chi connectivity index (χ0) is 14.9. The van der Waals surface area contributed by atoms with Gasteiger partial charge in [0, 0.05) is 5.56 Å². The Labute approximate surface area is 112 Å². The van der Waals surface area contributed by atoms with E-state index in [0.29, 0.717) is 0 Å². The molecule has 1 heterocycles. The molecular formula is C11H8F2N2O4S. The molecule has 0 spiro atoms. The van der Waals surface area contributed by atoms with Gasteiger partial charge in [-0.25, -0.2) is 8.78 Å². The number of hydrogen-bond donors (Lipinski definition) is 2. The van der Waals surface area contributed by atoms with E-state index in [1.165, 1.54) is 0 Å². The first-order valence-electron chi connectivity index (χ1n) is 5.26. The second-order valence-electron chi connectivity index (χ2n) is 3.82. The van der Waals surface area contributed by atoms with Crippen LogP contribution in [0.5, 0.6) is 0 Å². The highest BCUT2D eigenvalue weighted by Gasteiger charge is 2.23. The maximum atomic E-state index is 13.1. The Morgan fingerprint density at radius 1 is 1.30 bits per heavy atom. The highest BCUT2D eigenvalue weighted by molar-refractivity contribution is 7.88. The summed E-state index contributed by atoms with van der Waals surface area (Å²) in [6, 6.07) is 2.69. The molecule has 0 unspecified atom stereocenters. The normalized spacial score (nSPS) is 16.9. The van der Waals surface area contributed by atoms with Crippen molar-refractivity contribution < 1.29 is 27.1 Å². The first-order chi connectivity index (χ1) is 9.32. The van der Waals surface area contributed by atoms with Crippen molar-refractivity contribution in [2.75, 3.05) is 6.61 Å². The first kappa shape index (κ1) is 14.3. The lowest BCUT2D eigenvalue weighted by atomic mass is 10.1. The summed E-state index contributed by atoms with van der Waals surface area (Å²) in [5.41, 5.74) is -0.654. The quantitative estimate of drug-likeness (QED) is 0.824. The van der Waals surface area contributed by atoms with Crippen LogP contribution in [0, 0.1) is 11.6 Å². The van der Waals surface area contributed by atoms with Gasteiger partial charge in [-0.15, -0.1) is 4.40 Å². The summed E-state index contributed by atoms with van der Waals surface area (Å²) >= 11 is 0. The minimum absolute atomic E-state index is 0.0165. The number of aliphatic hydroxyl groups excluding tert-OH is 1. The zero-order valence-corrected chi connectivity index (χ0v) is 10.6.